The van der Waals surface area contributed by atoms with Crippen LogP contribution < -0.4 is 5.32 Å². The highest BCUT2D eigenvalue weighted by molar-refractivity contribution is 6.27. The van der Waals surface area contributed by atoms with E-state index in [1.54, 1.807) is 17.0 Å². The van der Waals surface area contributed by atoms with Crippen molar-refractivity contribution in [3.8, 4) is 0 Å². The van der Waals surface area contributed by atoms with Crippen LogP contribution in [0.4, 0.5) is 9.18 Å². The van der Waals surface area contributed by atoms with Crippen LogP contribution in [-0.4, -0.2) is 35.9 Å². The number of carbonyl (C=O) groups is 2. The van der Waals surface area contributed by atoms with Crippen LogP contribution in [-0.2, 0) is 21.7 Å². The van der Waals surface area contributed by atoms with Crippen molar-refractivity contribution in [3.63, 3.8) is 0 Å². The van der Waals surface area contributed by atoms with Crippen LogP contribution in [0.15, 0.2) is 54.6 Å². The number of amides is 2. The molecule has 0 aliphatic carbocycles. The number of hydrogen-bond donors (Lipinski definition) is 1. The fourth-order valence-corrected chi connectivity index (χ4v) is 3.32. The normalized spacial score (nSPS) is 19.0. The van der Waals surface area contributed by atoms with Gasteiger partial charge in [0.1, 0.15) is 18.3 Å². The van der Waals surface area contributed by atoms with Crippen molar-refractivity contribution in [2.45, 2.75) is 18.6 Å². The van der Waals surface area contributed by atoms with E-state index in [0.29, 0.717) is 13.0 Å². The molecule has 0 radical (unpaired) electrons. The van der Waals surface area contributed by atoms with Gasteiger partial charge in [-0.2, -0.15) is 0 Å². The molecule has 5 nitrogen and oxygen atoms in total. The molecule has 7 heteroatoms. The van der Waals surface area contributed by atoms with E-state index < -0.39 is 11.6 Å². The van der Waals surface area contributed by atoms with Gasteiger partial charge in [0.2, 0.25) is 5.91 Å². The molecule has 2 aromatic rings. The van der Waals surface area contributed by atoms with Gasteiger partial charge in [-0.05, 0) is 29.7 Å². The monoisotopic (exact) mass is 390 g/mol. The van der Waals surface area contributed by atoms with Gasteiger partial charge in [-0.25, -0.2) is 9.18 Å². The number of nitrogens with zero attached hydrogens (tertiary/aromatic N) is 1. The zero-order valence-electron chi connectivity index (χ0n) is 14.7. The molecule has 1 saturated heterocycles. The van der Waals surface area contributed by atoms with Crippen molar-refractivity contribution >= 4 is 23.6 Å². The highest BCUT2D eigenvalue weighted by atomic mass is 35.5. The summed E-state index contributed by atoms with van der Waals surface area (Å²) in [6, 6.07) is 15.3. The number of alkyl halides is 1. The van der Waals surface area contributed by atoms with Crippen LogP contribution >= 0.6 is 11.6 Å². The number of rotatable bonds is 5. The lowest BCUT2D eigenvalue weighted by Gasteiger charge is -2.31. The van der Waals surface area contributed by atoms with E-state index in [0.717, 1.165) is 11.1 Å². The molecule has 3 rings (SSSR count). The molecule has 2 amide bonds. The topological polar surface area (TPSA) is 58.6 Å². The average Bonchev–Trinajstić information content (AvgIpc) is 3.12. The molecule has 0 aromatic heterocycles. The van der Waals surface area contributed by atoms with Gasteiger partial charge in [0.05, 0.1) is 12.1 Å². The predicted octanol–water partition coefficient (Wildman–Crippen LogP) is 3.42. The second-order valence-electron chi connectivity index (χ2n) is 6.48. The van der Waals surface area contributed by atoms with E-state index in [4.69, 9.17) is 16.3 Å². The Morgan fingerprint density at radius 1 is 1.15 bits per heavy atom. The first-order chi connectivity index (χ1) is 13.0. The molecule has 142 valence electrons. The Balaban J connectivity index is 1.72. The van der Waals surface area contributed by atoms with E-state index in [1.165, 1.54) is 12.1 Å². The number of carbonyl (C=O) groups excluding carboxylic acids is 2. The van der Waals surface area contributed by atoms with Gasteiger partial charge in [0.15, 0.2) is 0 Å². The molecule has 1 unspecified atom stereocenters. The molecule has 0 saturated carbocycles. The molecule has 0 bridgehead atoms. The summed E-state index contributed by atoms with van der Waals surface area (Å²) in [5, 5.41) is 2.89. The zero-order valence-corrected chi connectivity index (χ0v) is 15.4. The maximum absolute atomic E-state index is 13.3. The maximum Gasteiger partial charge on any atom is 0.410 e. The van der Waals surface area contributed by atoms with Crippen molar-refractivity contribution in [1.82, 2.24) is 10.2 Å². The van der Waals surface area contributed by atoms with Crippen molar-refractivity contribution in [2.24, 2.45) is 0 Å². The summed E-state index contributed by atoms with van der Waals surface area (Å²) in [7, 11) is 0. The van der Waals surface area contributed by atoms with E-state index in [2.05, 4.69) is 5.32 Å². The van der Waals surface area contributed by atoms with Crippen LogP contribution in [0.25, 0.3) is 0 Å². The SMILES string of the molecule is O=C(CCl)NC1(c2ccc(F)cc2)CCN(C(=O)OCc2ccccc2)C1. The van der Waals surface area contributed by atoms with E-state index in [1.807, 2.05) is 30.3 Å². The standard InChI is InChI=1S/C20H20ClFN2O3/c21-12-18(25)23-20(16-6-8-17(22)9-7-16)10-11-24(14-20)19(26)27-13-15-4-2-1-3-5-15/h1-9H,10-14H2,(H,23,25). The Hall–Kier alpha value is -2.60. The number of benzene rings is 2. The quantitative estimate of drug-likeness (QED) is 0.796. The summed E-state index contributed by atoms with van der Waals surface area (Å²) >= 11 is 5.64. The van der Waals surface area contributed by atoms with Gasteiger partial charge in [-0.15, -0.1) is 11.6 Å². The second kappa shape index (κ2) is 8.39. The summed E-state index contributed by atoms with van der Waals surface area (Å²) in [5.41, 5.74) is 0.803. The summed E-state index contributed by atoms with van der Waals surface area (Å²) in [6.07, 6.45) is 0.0322. The second-order valence-corrected chi connectivity index (χ2v) is 6.75. The molecule has 27 heavy (non-hydrogen) atoms. The molecule has 1 heterocycles. The molecule has 1 atom stereocenters. The fourth-order valence-electron chi connectivity index (χ4n) is 3.26. The number of nitrogens with one attached hydrogen (secondary N) is 1. The number of likely N-dealkylation sites (tertiary alicyclic amines) is 1. The van der Waals surface area contributed by atoms with Gasteiger partial charge >= 0.3 is 6.09 Å². The van der Waals surface area contributed by atoms with Crippen molar-refractivity contribution in [1.29, 1.82) is 0 Å². The summed E-state index contributed by atoms with van der Waals surface area (Å²) in [5.74, 6) is -0.906. The minimum Gasteiger partial charge on any atom is -0.445 e. The third kappa shape index (κ3) is 4.57. The Labute approximate surface area is 162 Å². The Morgan fingerprint density at radius 3 is 2.52 bits per heavy atom. The Kier molecular flexibility index (Phi) is 5.96. The van der Waals surface area contributed by atoms with Crippen LogP contribution in [0.2, 0.25) is 0 Å². The highest BCUT2D eigenvalue weighted by Crippen LogP contribution is 2.33. The molecular formula is C20H20ClFN2O3. The lowest BCUT2D eigenvalue weighted by atomic mass is 9.89. The van der Waals surface area contributed by atoms with E-state index in [9.17, 15) is 14.0 Å². The molecule has 2 aromatic carbocycles. The first kappa shape index (κ1) is 19.2. The summed E-state index contributed by atoms with van der Waals surface area (Å²) < 4.78 is 18.7. The predicted molar refractivity (Wildman–Crippen MR) is 99.8 cm³/mol. The molecule has 0 spiro atoms. The van der Waals surface area contributed by atoms with Crippen LogP contribution in [0.5, 0.6) is 0 Å². The van der Waals surface area contributed by atoms with Gasteiger partial charge in [0.25, 0.3) is 0 Å². The van der Waals surface area contributed by atoms with Gasteiger partial charge in [-0.1, -0.05) is 42.5 Å². The molecule has 1 fully saturated rings. The Morgan fingerprint density at radius 2 is 1.85 bits per heavy atom. The minimum atomic E-state index is -0.814. The third-order valence-electron chi connectivity index (χ3n) is 4.63. The third-order valence-corrected chi connectivity index (χ3v) is 4.87. The minimum absolute atomic E-state index is 0.174. The van der Waals surface area contributed by atoms with Crippen LogP contribution in [0.3, 0.4) is 0 Å². The molecule has 1 N–H and O–H groups in total. The summed E-state index contributed by atoms with van der Waals surface area (Å²) in [6.45, 7) is 0.816. The maximum atomic E-state index is 13.3. The smallest absolute Gasteiger partial charge is 0.410 e. The van der Waals surface area contributed by atoms with Gasteiger partial charge in [-0.3, -0.25) is 4.79 Å². The van der Waals surface area contributed by atoms with Gasteiger partial charge < -0.3 is 15.0 Å². The largest absolute Gasteiger partial charge is 0.445 e. The van der Waals surface area contributed by atoms with Crippen molar-refractivity contribution < 1.29 is 18.7 Å². The van der Waals surface area contributed by atoms with E-state index in [-0.39, 0.29) is 30.8 Å². The number of ether oxygens (including phenoxy) is 1. The van der Waals surface area contributed by atoms with Crippen LogP contribution in [0.1, 0.15) is 17.5 Å². The molecular weight excluding hydrogens is 371 g/mol. The lowest BCUT2D eigenvalue weighted by molar-refractivity contribution is -0.120. The average molecular weight is 391 g/mol. The lowest BCUT2D eigenvalue weighted by Crippen LogP contribution is -2.49. The molecule has 1 aliphatic rings. The first-order valence-electron chi connectivity index (χ1n) is 8.61. The number of halogens is 2. The van der Waals surface area contributed by atoms with Crippen LogP contribution in [0, 0.1) is 5.82 Å². The zero-order chi connectivity index (χ0) is 19.3. The summed E-state index contributed by atoms with van der Waals surface area (Å²) in [4.78, 5) is 25.9. The van der Waals surface area contributed by atoms with Crippen molar-refractivity contribution in [2.75, 3.05) is 19.0 Å². The highest BCUT2D eigenvalue weighted by Gasteiger charge is 2.43. The van der Waals surface area contributed by atoms with Crippen molar-refractivity contribution in [3.05, 3.63) is 71.5 Å². The first-order valence-corrected chi connectivity index (χ1v) is 9.14. The number of hydrogen-bond acceptors (Lipinski definition) is 3. The van der Waals surface area contributed by atoms with E-state index >= 15 is 0 Å². The fraction of sp³-hybridized carbons (Fsp3) is 0.300. The molecule has 1 aliphatic heterocycles. The van der Waals surface area contributed by atoms with Gasteiger partial charge in [0, 0.05) is 6.54 Å². The Bertz CT molecular complexity index is 801.